The third-order valence-corrected chi connectivity index (χ3v) is 2.97. The van der Waals surface area contributed by atoms with Crippen LogP contribution in [0.5, 0.6) is 0 Å². The van der Waals surface area contributed by atoms with Crippen LogP contribution in [0.4, 0.5) is 9.18 Å². The number of nitrogens with one attached hydrogen (secondary N) is 1. The summed E-state index contributed by atoms with van der Waals surface area (Å²) >= 11 is 0. The van der Waals surface area contributed by atoms with Crippen LogP contribution in [-0.2, 0) is 5.54 Å². The lowest BCUT2D eigenvalue weighted by Gasteiger charge is -2.42. The van der Waals surface area contributed by atoms with Gasteiger partial charge in [-0.1, -0.05) is 12.1 Å². The fraction of sp³-hybridized carbons (Fsp3) is 0.364. The fourth-order valence-corrected chi connectivity index (χ4v) is 2.02. The molecule has 2 amide bonds. The van der Waals surface area contributed by atoms with Gasteiger partial charge >= 0.3 is 6.03 Å². The molecule has 15 heavy (non-hydrogen) atoms. The molecule has 3 N–H and O–H groups in total. The molecule has 0 aromatic heterocycles. The molecule has 1 aromatic carbocycles. The molecule has 4 heteroatoms. The molecule has 1 aliphatic rings. The minimum Gasteiger partial charge on any atom is -0.352 e. The van der Waals surface area contributed by atoms with Gasteiger partial charge in [-0.2, -0.15) is 0 Å². The molecule has 0 atom stereocenters. The number of primary amides is 1. The summed E-state index contributed by atoms with van der Waals surface area (Å²) < 4.78 is 12.7. The molecule has 2 rings (SSSR count). The molecule has 0 unspecified atom stereocenters. The second-order valence-electron chi connectivity index (χ2n) is 3.93. The van der Waals surface area contributed by atoms with Crippen molar-refractivity contribution in [1.29, 1.82) is 0 Å². The third kappa shape index (κ3) is 1.79. The Morgan fingerprint density at radius 3 is 2.33 bits per heavy atom. The van der Waals surface area contributed by atoms with Gasteiger partial charge in [0.15, 0.2) is 0 Å². The van der Waals surface area contributed by atoms with Gasteiger partial charge in [-0.15, -0.1) is 0 Å². The van der Waals surface area contributed by atoms with Gasteiger partial charge in [-0.3, -0.25) is 0 Å². The van der Waals surface area contributed by atoms with Crippen LogP contribution in [0.1, 0.15) is 24.8 Å². The number of halogens is 1. The number of carbonyl (C=O) groups is 1. The van der Waals surface area contributed by atoms with Crippen LogP contribution in [0.3, 0.4) is 0 Å². The molecule has 0 bridgehead atoms. The van der Waals surface area contributed by atoms with E-state index in [1.54, 1.807) is 12.1 Å². The standard InChI is InChI=1S/C11H13FN2O/c12-9-4-2-8(3-5-9)11(6-1-7-11)14-10(13)15/h2-5H,1,6-7H2,(H3,13,14,15). The van der Waals surface area contributed by atoms with Crippen molar-refractivity contribution in [3.05, 3.63) is 35.6 Å². The van der Waals surface area contributed by atoms with Crippen LogP contribution >= 0.6 is 0 Å². The molecule has 0 aliphatic heterocycles. The Balaban J connectivity index is 2.26. The van der Waals surface area contributed by atoms with E-state index in [1.807, 2.05) is 0 Å². The molecular formula is C11H13FN2O. The Morgan fingerprint density at radius 1 is 1.33 bits per heavy atom. The average Bonchev–Trinajstić information content (AvgIpc) is 2.13. The quantitative estimate of drug-likeness (QED) is 0.766. The zero-order valence-corrected chi connectivity index (χ0v) is 8.29. The lowest BCUT2D eigenvalue weighted by molar-refractivity contribution is 0.182. The molecule has 0 radical (unpaired) electrons. The highest BCUT2D eigenvalue weighted by Crippen LogP contribution is 2.41. The number of hydrogen-bond acceptors (Lipinski definition) is 1. The molecule has 3 nitrogen and oxygen atoms in total. The second kappa shape index (κ2) is 3.53. The van der Waals surface area contributed by atoms with Gasteiger partial charge in [0.25, 0.3) is 0 Å². The molecule has 1 aromatic rings. The number of amides is 2. The maximum Gasteiger partial charge on any atom is 0.312 e. The first-order chi connectivity index (χ1) is 7.12. The first kappa shape index (κ1) is 9.96. The predicted octanol–water partition coefficient (Wildman–Crippen LogP) is 1.87. The van der Waals surface area contributed by atoms with Crippen molar-refractivity contribution in [2.75, 3.05) is 0 Å². The van der Waals surface area contributed by atoms with Crippen LogP contribution < -0.4 is 11.1 Å². The molecular weight excluding hydrogens is 195 g/mol. The fourth-order valence-electron chi connectivity index (χ4n) is 2.02. The highest BCUT2D eigenvalue weighted by Gasteiger charge is 2.39. The predicted molar refractivity (Wildman–Crippen MR) is 54.6 cm³/mol. The summed E-state index contributed by atoms with van der Waals surface area (Å²) in [6.45, 7) is 0. The lowest BCUT2D eigenvalue weighted by Crippen LogP contribution is -2.52. The van der Waals surface area contributed by atoms with Gasteiger partial charge in [0, 0.05) is 0 Å². The second-order valence-corrected chi connectivity index (χ2v) is 3.93. The van der Waals surface area contributed by atoms with Crippen LogP contribution in [-0.4, -0.2) is 6.03 Å². The summed E-state index contributed by atoms with van der Waals surface area (Å²) in [5.74, 6) is -0.271. The van der Waals surface area contributed by atoms with Crippen LogP contribution in [0.2, 0.25) is 0 Å². The maximum atomic E-state index is 12.7. The van der Waals surface area contributed by atoms with Gasteiger partial charge in [-0.25, -0.2) is 9.18 Å². The number of rotatable bonds is 2. The molecule has 1 aliphatic carbocycles. The van der Waals surface area contributed by atoms with E-state index in [2.05, 4.69) is 5.32 Å². The Hall–Kier alpha value is -1.58. The molecule has 0 heterocycles. The van der Waals surface area contributed by atoms with E-state index < -0.39 is 6.03 Å². The van der Waals surface area contributed by atoms with Crippen molar-refractivity contribution >= 4 is 6.03 Å². The minimum absolute atomic E-state index is 0.271. The third-order valence-electron chi connectivity index (χ3n) is 2.97. The van der Waals surface area contributed by atoms with E-state index in [4.69, 9.17) is 5.73 Å². The zero-order valence-electron chi connectivity index (χ0n) is 8.29. The van der Waals surface area contributed by atoms with E-state index in [0.717, 1.165) is 24.8 Å². The van der Waals surface area contributed by atoms with E-state index in [0.29, 0.717) is 0 Å². The van der Waals surface area contributed by atoms with E-state index >= 15 is 0 Å². The minimum atomic E-state index is -0.529. The summed E-state index contributed by atoms with van der Waals surface area (Å²) in [6, 6.07) is 5.67. The molecule has 1 saturated carbocycles. The Bertz CT molecular complexity index is 371. The van der Waals surface area contributed by atoms with Gasteiger partial charge in [-0.05, 0) is 37.0 Å². The summed E-state index contributed by atoms with van der Waals surface area (Å²) in [7, 11) is 0. The Morgan fingerprint density at radius 2 is 1.93 bits per heavy atom. The summed E-state index contributed by atoms with van der Waals surface area (Å²) in [6.07, 6.45) is 2.78. The zero-order chi connectivity index (χ0) is 10.9. The van der Waals surface area contributed by atoms with Crippen LogP contribution in [0.15, 0.2) is 24.3 Å². The smallest absolute Gasteiger partial charge is 0.312 e. The average molecular weight is 208 g/mol. The van der Waals surface area contributed by atoms with Gasteiger partial charge in [0.2, 0.25) is 0 Å². The van der Waals surface area contributed by atoms with Crippen molar-refractivity contribution in [3.8, 4) is 0 Å². The molecule has 80 valence electrons. The summed E-state index contributed by atoms with van der Waals surface area (Å²) in [5, 5.41) is 2.74. The van der Waals surface area contributed by atoms with Crippen LogP contribution in [0.25, 0.3) is 0 Å². The van der Waals surface area contributed by atoms with Crippen LogP contribution in [0, 0.1) is 5.82 Å². The van der Waals surface area contributed by atoms with Crippen molar-refractivity contribution < 1.29 is 9.18 Å². The summed E-state index contributed by atoms with van der Waals surface area (Å²) in [5.41, 5.74) is 5.69. The Labute approximate surface area is 87.5 Å². The molecule has 0 saturated heterocycles. The van der Waals surface area contributed by atoms with Crippen molar-refractivity contribution in [3.63, 3.8) is 0 Å². The molecule has 1 fully saturated rings. The number of benzene rings is 1. The highest BCUT2D eigenvalue weighted by molar-refractivity contribution is 5.73. The van der Waals surface area contributed by atoms with Gasteiger partial charge < -0.3 is 11.1 Å². The van der Waals surface area contributed by atoms with Gasteiger partial charge in [0.1, 0.15) is 5.82 Å². The van der Waals surface area contributed by atoms with Crippen molar-refractivity contribution in [2.45, 2.75) is 24.8 Å². The summed E-state index contributed by atoms with van der Waals surface area (Å²) in [4.78, 5) is 10.9. The number of hydrogen-bond donors (Lipinski definition) is 2. The topological polar surface area (TPSA) is 55.1 Å². The normalized spacial score (nSPS) is 17.9. The van der Waals surface area contributed by atoms with E-state index in [9.17, 15) is 9.18 Å². The first-order valence-corrected chi connectivity index (χ1v) is 4.96. The number of carbonyl (C=O) groups excluding carboxylic acids is 1. The van der Waals surface area contributed by atoms with Crippen molar-refractivity contribution in [1.82, 2.24) is 5.32 Å². The monoisotopic (exact) mass is 208 g/mol. The van der Waals surface area contributed by atoms with E-state index in [-0.39, 0.29) is 11.4 Å². The lowest BCUT2D eigenvalue weighted by atomic mass is 9.72. The SMILES string of the molecule is NC(=O)NC1(c2ccc(F)cc2)CCC1. The van der Waals surface area contributed by atoms with E-state index in [1.165, 1.54) is 12.1 Å². The largest absolute Gasteiger partial charge is 0.352 e. The molecule has 0 spiro atoms. The Kier molecular flexibility index (Phi) is 2.34. The highest BCUT2D eigenvalue weighted by atomic mass is 19.1. The number of urea groups is 1. The number of nitrogens with two attached hydrogens (primary N) is 1. The maximum absolute atomic E-state index is 12.7. The first-order valence-electron chi connectivity index (χ1n) is 4.96. The van der Waals surface area contributed by atoms with Crippen molar-refractivity contribution in [2.24, 2.45) is 5.73 Å². The van der Waals surface area contributed by atoms with Gasteiger partial charge in [0.05, 0.1) is 5.54 Å².